The molecule has 0 radical (unpaired) electrons. The van der Waals surface area contributed by atoms with Crippen LogP contribution < -0.4 is 4.72 Å². The third kappa shape index (κ3) is 3.95. The van der Waals surface area contributed by atoms with Crippen molar-refractivity contribution in [2.24, 2.45) is 0 Å². The van der Waals surface area contributed by atoms with E-state index in [1.807, 2.05) is 0 Å². The molecule has 2 aromatic carbocycles. The molecule has 21 heavy (non-hydrogen) atoms. The zero-order valence-corrected chi connectivity index (χ0v) is 13.0. The van der Waals surface area contributed by atoms with E-state index in [-0.39, 0.29) is 4.90 Å². The molecule has 0 aliphatic carbocycles. The maximum atomic E-state index is 13.2. The molecule has 0 fully saturated rings. The molecule has 0 amide bonds. The summed E-state index contributed by atoms with van der Waals surface area (Å²) in [6.45, 7) is 1.62. The lowest BCUT2D eigenvalue weighted by atomic mass is 10.2. The Kier molecular flexibility index (Phi) is 4.85. The molecule has 2 rings (SSSR count). The maximum Gasteiger partial charge on any atom is 0.262 e. The van der Waals surface area contributed by atoms with Crippen molar-refractivity contribution in [2.75, 3.05) is 10.6 Å². The first-order chi connectivity index (χ1) is 9.92. The second kappa shape index (κ2) is 6.45. The number of nitrogens with one attached hydrogen (secondary N) is 1. The Balaban J connectivity index is 2.26. The van der Waals surface area contributed by atoms with Gasteiger partial charge in [-0.3, -0.25) is 4.72 Å². The summed E-state index contributed by atoms with van der Waals surface area (Å²) >= 11 is 5.65. The van der Waals surface area contributed by atoms with Gasteiger partial charge < -0.3 is 0 Å². The van der Waals surface area contributed by atoms with Gasteiger partial charge in [-0.1, -0.05) is 18.2 Å². The molecule has 1 N–H and O–H groups in total. The van der Waals surface area contributed by atoms with E-state index < -0.39 is 15.8 Å². The van der Waals surface area contributed by atoms with Crippen LogP contribution in [0.2, 0.25) is 0 Å². The number of alkyl halides is 1. The quantitative estimate of drug-likeness (QED) is 0.851. The van der Waals surface area contributed by atoms with Crippen LogP contribution in [0.4, 0.5) is 10.1 Å². The van der Waals surface area contributed by atoms with Crippen LogP contribution in [0.25, 0.3) is 0 Å². The molecule has 0 saturated heterocycles. The predicted molar refractivity (Wildman–Crippen MR) is 82.8 cm³/mol. The highest BCUT2D eigenvalue weighted by Crippen LogP contribution is 2.20. The summed E-state index contributed by atoms with van der Waals surface area (Å²) in [5.41, 5.74) is 1.94. The minimum absolute atomic E-state index is 0.0627. The fourth-order valence-corrected chi connectivity index (χ4v) is 3.46. The van der Waals surface area contributed by atoms with E-state index in [4.69, 9.17) is 11.6 Å². The average Bonchev–Trinajstić information content (AvgIpc) is 2.43. The van der Waals surface area contributed by atoms with Gasteiger partial charge in [-0.15, -0.1) is 11.6 Å². The summed E-state index contributed by atoms with van der Waals surface area (Å²) in [5.74, 6) is -0.0773. The largest absolute Gasteiger partial charge is 0.280 e. The van der Waals surface area contributed by atoms with Crippen LogP contribution >= 0.6 is 11.6 Å². The average molecular weight is 328 g/mol. The molecule has 0 aliphatic rings. The highest BCUT2D eigenvalue weighted by molar-refractivity contribution is 7.92. The number of sulfonamides is 1. The Bertz CT molecular complexity index is 730. The SMILES string of the molecule is Cc1ccc(F)cc1S(=O)(=O)Nc1ccc(CCCl)cc1. The lowest BCUT2D eigenvalue weighted by molar-refractivity contribution is 0.594. The van der Waals surface area contributed by atoms with Crippen molar-refractivity contribution < 1.29 is 12.8 Å². The topological polar surface area (TPSA) is 46.2 Å². The van der Waals surface area contributed by atoms with Gasteiger partial charge >= 0.3 is 0 Å². The molecule has 0 bridgehead atoms. The number of aryl methyl sites for hydroxylation is 2. The van der Waals surface area contributed by atoms with Gasteiger partial charge in [0.2, 0.25) is 0 Å². The predicted octanol–water partition coefficient (Wildman–Crippen LogP) is 3.72. The molecule has 112 valence electrons. The summed E-state index contributed by atoms with van der Waals surface area (Å²) in [5, 5.41) is 0. The monoisotopic (exact) mass is 327 g/mol. The summed E-state index contributed by atoms with van der Waals surface area (Å²) in [6.07, 6.45) is 0.720. The van der Waals surface area contributed by atoms with Crippen molar-refractivity contribution in [1.29, 1.82) is 0 Å². The van der Waals surface area contributed by atoms with Gasteiger partial charge in [0, 0.05) is 11.6 Å². The van der Waals surface area contributed by atoms with Crippen molar-refractivity contribution in [3.05, 3.63) is 59.4 Å². The Morgan fingerprint density at radius 2 is 1.81 bits per heavy atom. The molecule has 0 heterocycles. The summed E-state index contributed by atoms with van der Waals surface area (Å²) in [6, 6.07) is 10.6. The van der Waals surface area contributed by atoms with Gasteiger partial charge in [0.1, 0.15) is 5.82 Å². The summed E-state index contributed by atoms with van der Waals surface area (Å²) in [7, 11) is -3.81. The van der Waals surface area contributed by atoms with Gasteiger partial charge in [-0.05, 0) is 48.7 Å². The van der Waals surface area contributed by atoms with Gasteiger partial charge in [0.15, 0.2) is 0 Å². The molecule has 0 aromatic heterocycles. The van der Waals surface area contributed by atoms with Crippen LogP contribution in [0.3, 0.4) is 0 Å². The highest BCUT2D eigenvalue weighted by atomic mass is 35.5. The Morgan fingerprint density at radius 1 is 1.14 bits per heavy atom. The first-order valence-electron chi connectivity index (χ1n) is 6.36. The van der Waals surface area contributed by atoms with Crippen LogP contribution in [-0.2, 0) is 16.4 Å². The second-order valence-electron chi connectivity index (χ2n) is 4.65. The van der Waals surface area contributed by atoms with E-state index >= 15 is 0 Å². The molecule has 0 unspecified atom stereocenters. The van der Waals surface area contributed by atoms with Gasteiger partial charge in [-0.25, -0.2) is 12.8 Å². The second-order valence-corrected chi connectivity index (χ2v) is 6.68. The molecule has 6 heteroatoms. The first-order valence-corrected chi connectivity index (χ1v) is 8.38. The Labute approximate surface area is 128 Å². The smallest absolute Gasteiger partial charge is 0.262 e. The maximum absolute atomic E-state index is 13.2. The molecule has 0 spiro atoms. The number of hydrogen-bond donors (Lipinski definition) is 1. The third-order valence-corrected chi connectivity index (χ3v) is 4.74. The van der Waals surface area contributed by atoms with Crippen LogP contribution in [0.15, 0.2) is 47.4 Å². The molecule has 0 atom stereocenters. The van der Waals surface area contributed by atoms with Crippen molar-refractivity contribution in [1.82, 2.24) is 0 Å². The van der Waals surface area contributed by atoms with Crippen molar-refractivity contribution in [3.8, 4) is 0 Å². The fourth-order valence-electron chi connectivity index (χ4n) is 1.92. The molecule has 3 nitrogen and oxygen atoms in total. The zero-order chi connectivity index (χ0) is 15.5. The van der Waals surface area contributed by atoms with Crippen molar-refractivity contribution >= 4 is 27.3 Å². The van der Waals surface area contributed by atoms with E-state index in [1.54, 1.807) is 31.2 Å². The fraction of sp³-hybridized carbons (Fsp3) is 0.200. The minimum atomic E-state index is -3.81. The van der Waals surface area contributed by atoms with Gasteiger partial charge in [0.25, 0.3) is 10.0 Å². The van der Waals surface area contributed by atoms with Gasteiger partial charge in [-0.2, -0.15) is 0 Å². The van der Waals surface area contributed by atoms with E-state index in [1.165, 1.54) is 12.1 Å². The van der Waals surface area contributed by atoms with Gasteiger partial charge in [0.05, 0.1) is 4.90 Å². The third-order valence-electron chi connectivity index (χ3n) is 3.03. The molecule has 0 aliphatic heterocycles. The van der Waals surface area contributed by atoms with Crippen LogP contribution in [0.1, 0.15) is 11.1 Å². The normalized spacial score (nSPS) is 11.4. The minimum Gasteiger partial charge on any atom is -0.280 e. The molecular formula is C15H15ClFNO2S. The highest BCUT2D eigenvalue weighted by Gasteiger charge is 2.17. The van der Waals surface area contributed by atoms with Crippen LogP contribution in [0.5, 0.6) is 0 Å². The standard InChI is InChI=1S/C15H15ClFNO2S/c1-11-2-5-13(17)10-15(11)21(19,20)18-14-6-3-12(4-7-14)8-9-16/h2-7,10,18H,8-9H2,1H3. The lowest BCUT2D eigenvalue weighted by Crippen LogP contribution is -2.14. The van der Waals surface area contributed by atoms with Crippen molar-refractivity contribution in [3.63, 3.8) is 0 Å². The number of halogens is 2. The molecular weight excluding hydrogens is 313 g/mol. The van der Waals surface area contributed by atoms with E-state index in [2.05, 4.69) is 4.72 Å². The number of benzene rings is 2. The van der Waals surface area contributed by atoms with Crippen LogP contribution in [-0.4, -0.2) is 14.3 Å². The number of anilines is 1. The number of hydrogen-bond acceptors (Lipinski definition) is 2. The zero-order valence-electron chi connectivity index (χ0n) is 11.4. The molecule has 0 saturated carbocycles. The summed E-state index contributed by atoms with van der Waals surface area (Å²) < 4.78 is 40.3. The van der Waals surface area contributed by atoms with E-state index in [9.17, 15) is 12.8 Å². The van der Waals surface area contributed by atoms with Crippen molar-refractivity contribution in [2.45, 2.75) is 18.2 Å². The Morgan fingerprint density at radius 3 is 2.43 bits per heavy atom. The molecule has 2 aromatic rings. The van der Waals surface area contributed by atoms with E-state index in [0.717, 1.165) is 18.1 Å². The lowest BCUT2D eigenvalue weighted by Gasteiger charge is -2.11. The first kappa shape index (κ1) is 15.8. The van der Waals surface area contributed by atoms with Crippen LogP contribution in [0, 0.1) is 12.7 Å². The summed E-state index contributed by atoms with van der Waals surface area (Å²) in [4.78, 5) is -0.0627. The Hall–Kier alpha value is -1.59. The van der Waals surface area contributed by atoms with E-state index in [0.29, 0.717) is 17.1 Å². The number of rotatable bonds is 5.